The van der Waals surface area contributed by atoms with Crippen molar-refractivity contribution in [2.45, 2.75) is 26.8 Å². The van der Waals surface area contributed by atoms with E-state index >= 15 is 0 Å². The van der Waals surface area contributed by atoms with Crippen LogP contribution in [0.2, 0.25) is 0 Å². The maximum Gasteiger partial charge on any atom is 0.308 e. The summed E-state index contributed by atoms with van der Waals surface area (Å²) in [7, 11) is 0. The molecule has 0 saturated heterocycles. The fourth-order valence-electron chi connectivity index (χ4n) is 3.29. The molecule has 0 atom stereocenters. The number of hydrogen-bond donors (Lipinski definition) is 2. The molecule has 3 rings (SSSR count). The van der Waals surface area contributed by atoms with Gasteiger partial charge in [0.05, 0.1) is 11.9 Å². The van der Waals surface area contributed by atoms with Crippen LogP contribution in [0.15, 0.2) is 43.0 Å². The summed E-state index contributed by atoms with van der Waals surface area (Å²) in [5.41, 5.74) is 3.31. The Labute approximate surface area is 173 Å². The number of carbonyl (C=O) groups is 3. The summed E-state index contributed by atoms with van der Waals surface area (Å²) in [6, 6.07) is 9.06. The number of aryl methyl sites for hydroxylation is 1. The molecule has 0 aliphatic carbocycles. The van der Waals surface area contributed by atoms with E-state index < -0.39 is 5.97 Å². The van der Waals surface area contributed by atoms with Gasteiger partial charge in [-0.05, 0) is 26.0 Å². The highest BCUT2D eigenvalue weighted by Gasteiger charge is 2.18. The lowest BCUT2D eigenvalue weighted by Gasteiger charge is -2.07. The Morgan fingerprint density at radius 2 is 2.03 bits per heavy atom. The molecule has 2 N–H and O–H groups in total. The first-order valence-corrected chi connectivity index (χ1v) is 9.60. The van der Waals surface area contributed by atoms with Crippen LogP contribution in [-0.4, -0.2) is 45.6 Å². The van der Waals surface area contributed by atoms with Crippen LogP contribution in [0.5, 0.6) is 0 Å². The van der Waals surface area contributed by atoms with Crippen molar-refractivity contribution in [3.05, 3.63) is 65.6 Å². The molecule has 0 bridgehead atoms. The molecule has 8 heteroatoms. The molecule has 0 saturated carbocycles. The Morgan fingerprint density at radius 3 is 2.80 bits per heavy atom. The fourth-order valence-corrected chi connectivity index (χ4v) is 3.29. The van der Waals surface area contributed by atoms with Gasteiger partial charge in [-0.25, -0.2) is 0 Å². The van der Waals surface area contributed by atoms with Crippen molar-refractivity contribution in [1.82, 2.24) is 20.1 Å². The summed E-state index contributed by atoms with van der Waals surface area (Å²) in [6.45, 7) is 7.82. The molecule has 2 heterocycles. The Hall–Kier alpha value is -3.68. The fraction of sp³-hybridized carbons (Fsp3) is 0.273. The first kappa shape index (κ1) is 21.0. The molecule has 8 nitrogen and oxygen atoms in total. The van der Waals surface area contributed by atoms with Gasteiger partial charge in [0.2, 0.25) is 5.78 Å². The molecular weight excluding hydrogens is 384 g/mol. The number of rotatable bonds is 9. The minimum absolute atomic E-state index is 0.0448. The number of allylic oxidation sites excluding steroid dienone is 1. The van der Waals surface area contributed by atoms with Crippen molar-refractivity contribution in [3.63, 3.8) is 0 Å². The molecule has 1 amide bonds. The van der Waals surface area contributed by atoms with Gasteiger partial charge >= 0.3 is 5.97 Å². The van der Waals surface area contributed by atoms with E-state index in [1.807, 2.05) is 36.6 Å². The number of fused-ring (bicyclic) bond motifs is 1. The van der Waals surface area contributed by atoms with Crippen LogP contribution < -0.4 is 5.32 Å². The van der Waals surface area contributed by atoms with Crippen molar-refractivity contribution in [2.24, 2.45) is 0 Å². The number of ether oxygens (including phenoxy) is 1. The third-order valence-corrected chi connectivity index (χ3v) is 4.85. The van der Waals surface area contributed by atoms with Crippen LogP contribution in [-0.2, 0) is 16.1 Å². The zero-order valence-electron chi connectivity index (χ0n) is 17.0. The minimum Gasteiger partial charge on any atom is -0.457 e. The van der Waals surface area contributed by atoms with E-state index in [1.165, 1.54) is 0 Å². The van der Waals surface area contributed by atoms with Gasteiger partial charge in [0.25, 0.3) is 5.91 Å². The predicted molar refractivity (Wildman–Crippen MR) is 112 cm³/mol. The number of aromatic nitrogens is 3. The molecule has 3 aromatic rings. The van der Waals surface area contributed by atoms with Gasteiger partial charge in [0.1, 0.15) is 0 Å². The molecule has 0 unspecified atom stereocenters. The summed E-state index contributed by atoms with van der Waals surface area (Å²) in [5, 5.41) is 10.1. The number of esters is 1. The average Bonchev–Trinajstić information content (AvgIpc) is 3.28. The first-order chi connectivity index (χ1) is 14.4. The molecule has 0 spiro atoms. The van der Waals surface area contributed by atoms with Gasteiger partial charge in [0, 0.05) is 35.4 Å². The second-order valence-electron chi connectivity index (χ2n) is 6.89. The first-order valence-electron chi connectivity index (χ1n) is 9.60. The lowest BCUT2D eigenvalue weighted by molar-refractivity contribution is -0.142. The molecule has 0 aliphatic rings. The molecule has 1 aromatic carbocycles. The number of amides is 1. The normalized spacial score (nSPS) is 10.7. The van der Waals surface area contributed by atoms with Gasteiger partial charge in [0.15, 0.2) is 12.3 Å². The van der Waals surface area contributed by atoms with E-state index in [-0.39, 0.29) is 37.0 Å². The smallest absolute Gasteiger partial charge is 0.308 e. The van der Waals surface area contributed by atoms with E-state index in [4.69, 9.17) is 4.74 Å². The van der Waals surface area contributed by atoms with Crippen molar-refractivity contribution >= 4 is 28.6 Å². The van der Waals surface area contributed by atoms with Crippen LogP contribution in [0.25, 0.3) is 10.9 Å². The molecule has 0 aliphatic heterocycles. The Balaban J connectivity index is 1.47. The lowest BCUT2D eigenvalue weighted by atomic mass is 10.1. The summed E-state index contributed by atoms with van der Waals surface area (Å²) in [5.74, 6) is -1.21. The van der Waals surface area contributed by atoms with Crippen LogP contribution in [0.3, 0.4) is 0 Å². The van der Waals surface area contributed by atoms with Gasteiger partial charge < -0.3 is 14.6 Å². The van der Waals surface area contributed by atoms with Crippen molar-refractivity contribution in [2.75, 3.05) is 13.2 Å². The highest BCUT2D eigenvalue weighted by Crippen LogP contribution is 2.16. The number of hydrogen-bond acceptors (Lipinski definition) is 5. The van der Waals surface area contributed by atoms with Crippen LogP contribution >= 0.6 is 0 Å². The Morgan fingerprint density at radius 1 is 1.27 bits per heavy atom. The highest BCUT2D eigenvalue weighted by molar-refractivity contribution is 6.04. The number of benzene rings is 1. The number of H-pyrrole nitrogens is 1. The van der Waals surface area contributed by atoms with Gasteiger partial charge in [-0.15, -0.1) is 6.58 Å². The van der Waals surface area contributed by atoms with Gasteiger partial charge in [-0.2, -0.15) is 5.10 Å². The largest absolute Gasteiger partial charge is 0.457 e. The summed E-state index contributed by atoms with van der Waals surface area (Å²) in [6.07, 6.45) is 1.71. The van der Waals surface area contributed by atoms with Gasteiger partial charge in [-0.3, -0.25) is 19.5 Å². The molecular formula is C22H24N4O4. The van der Waals surface area contributed by atoms with Crippen molar-refractivity contribution in [1.29, 1.82) is 0 Å². The summed E-state index contributed by atoms with van der Waals surface area (Å²) in [4.78, 5) is 36.6. The maximum absolute atomic E-state index is 12.4. The monoisotopic (exact) mass is 408 g/mol. The number of para-hydroxylation sites is 1. The zero-order chi connectivity index (χ0) is 21.7. The molecule has 2 aromatic heterocycles. The number of ketones is 1. The number of carbonyl (C=O) groups excluding carboxylic acids is 3. The number of Topliss-reactive ketones (excluding diaryl/α,β-unsaturated/α-hetero) is 1. The van der Waals surface area contributed by atoms with Crippen LogP contribution in [0.4, 0.5) is 0 Å². The molecule has 0 fully saturated rings. The topological polar surface area (TPSA) is 106 Å². The number of nitrogens with zero attached hydrogens (tertiary/aromatic N) is 2. The third-order valence-electron chi connectivity index (χ3n) is 4.85. The predicted octanol–water partition coefficient (Wildman–Crippen LogP) is 2.71. The van der Waals surface area contributed by atoms with E-state index in [0.717, 1.165) is 16.9 Å². The second-order valence-corrected chi connectivity index (χ2v) is 6.89. The summed E-state index contributed by atoms with van der Waals surface area (Å²) >= 11 is 0. The molecule has 0 radical (unpaired) electrons. The van der Waals surface area contributed by atoms with Crippen LogP contribution in [0, 0.1) is 13.8 Å². The number of aromatic amines is 1. The Bertz CT molecular complexity index is 1110. The van der Waals surface area contributed by atoms with Crippen molar-refractivity contribution < 1.29 is 19.1 Å². The minimum atomic E-state index is -0.560. The second kappa shape index (κ2) is 9.21. The SMILES string of the molecule is C=CCn1c(C)cc(C(=O)COC(=O)CCNC(=O)c2n[nH]c3ccccc23)c1C. The molecule has 30 heavy (non-hydrogen) atoms. The van der Waals surface area contributed by atoms with E-state index in [9.17, 15) is 14.4 Å². The van der Waals surface area contributed by atoms with E-state index in [1.54, 1.807) is 18.2 Å². The standard InChI is InChI=1S/C22H24N4O4/c1-4-11-26-14(2)12-17(15(26)3)19(27)13-30-20(28)9-10-23-22(29)21-16-7-5-6-8-18(16)24-25-21/h4-8,12H,1,9-11,13H2,2-3H3,(H,23,29)(H,24,25). The van der Waals surface area contributed by atoms with Gasteiger partial charge in [-0.1, -0.05) is 24.3 Å². The molecule has 156 valence electrons. The van der Waals surface area contributed by atoms with E-state index in [0.29, 0.717) is 17.5 Å². The lowest BCUT2D eigenvalue weighted by Crippen LogP contribution is -2.27. The quantitative estimate of drug-likeness (QED) is 0.322. The Kier molecular flexibility index (Phi) is 6.46. The van der Waals surface area contributed by atoms with Crippen LogP contribution in [0.1, 0.15) is 38.7 Å². The highest BCUT2D eigenvalue weighted by atomic mass is 16.5. The summed E-state index contributed by atoms with van der Waals surface area (Å²) < 4.78 is 7.04. The van der Waals surface area contributed by atoms with E-state index in [2.05, 4.69) is 22.1 Å². The number of nitrogens with one attached hydrogen (secondary N) is 2. The third kappa shape index (κ3) is 4.48. The maximum atomic E-state index is 12.4. The average molecular weight is 408 g/mol. The van der Waals surface area contributed by atoms with Crippen molar-refractivity contribution in [3.8, 4) is 0 Å². The zero-order valence-corrected chi connectivity index (χ0v) is 17.0.